The lowest BCUT2D eigenvalue weighted by Gasteiger charge is -2.11. The molecule has 5 nitrogen and oxygen atoms in total. The molecule has 1 aromatic rings. The van der Waals surface area contributed by atoms with Gasteiger partial charge in [-0.15, -0.1) is 0 Å². The van der Waals surface area contributed by atoms with Gasteiger partial charge in [0.1, 0.15) is 6.61 Å². The van der Waals surface area contributed by atoms with Crippen LogP contribution in [0.2, 0.25) is 0 Å². The molecule has 0 atom stereocenters. The Morgan fingerprint density at radius 2 is 1.82 bits per heavy atom. The van der Waals surface area contributed by atoms with Crippen molar-refractivity contribution in [1.29, 1.82) is 0 Å². The predicted octanol–water partition coefficient (Wildman–Crippen LogP) is 1.84. The Labute approximate surface area is 100 Å². The second-order valence-electron chi connectivity index (χ2n) is 3.83. The zero-order valence-corrected chi connectivity index (χ0v) is 10.2. The highest BCUT2D eigenvalue weighted by Crippen LogP contribution is 2.10. The van der Waals surface area contributed by atoms with Crippen molar-refractivity contribution in [3.63, 3.8) is 0 Å². The Kier molecular flexibility index (Phi) is 4.51. The summed E-state index contributed by atoms with van der Waals surface area (Å²) in [5.74, 6) is -0.114. The van der Waals surface area contributed by atoms with E-state index >= 15 is 0 Å². The highest BCUT2D eigenvalue weighted by molar-refractivity contribution is 5.88. The zero-order valence-electron chi connectivity index (χ0n) is 10.2. The minimum atomic E-state index is -0.379. The highest BCUT2D eigenvalue weighted by atomic mass is 16.6. The summed E-state index contributed by atoms with van der Waals surface area (Å²) < 4.78 is 5.01. The quantitative estimate of drug-likeness (QED) is 0.871. The van der Waals surface area contributed by atoms with E-state index in [4.69, 9.17) is 4.74 Å². The number of anilines is 1. The van der Waals surface area contributed by atoms with Crippen LogP contribution < -0.4 is 5.32 Å². The van der Waals surface area contributed by atoms with Crippen LogP contribution in [0.25, 0.3) is 0 Å². The minimum absolute atomic E-state index is 0.114. The largest absolute Gasteiger partial charge is 0.445 e. The van der Waals surface area contributed by atoms with Crippen molar-refractivity contribution in [2.24, 2.45) is 0 Å². The van der Waals surface area contributed by atoms with Crippen LogP contribution in [0.5, 0.6) is 0 Å². The van der Waals surface area contributed by atoms with Gasteiger partial charge in [0.15, 0.2) is 0 Å². The summed E-state index contributed by atoms with van der Waals surface area (Å²) in [5.41, 5.74) is 1.59. The molecule has 0 bridgehead atoms. The van der Waals surface area contributed by atoms with Gasteiger partial charge < -0.3 is 15.0 Å². The van der Waals surface area contributed by atoms with Crippen LogP contribution in [0.3, 0.4) is 0 Å². The lowest BCUT2D eigenvalue weighted by Crippen LogP contribution is -2.22. The first kappa shape index (κ1) is 13.0. The van der Waals surface area contributed by atoms with Gasteiger partial charge in [0.2, 0.25) is 5.91 Å². The third-order valence-electron chi connectivity index (χ3n) is 2.00. The average molecular weight is 236 g/mol. The van der Waals surface area contributed by atoms with Gasteiger partial charge in [0, 0.05) is 26.7 Å². The highest BCUT2D eigenvalue weighted by Gasteiger charge is 2.04. The van der Waals surface area contributed by atoms with Crippen molar-refractivity contribution in [2.75, 3.05) is 19.4 Å². The molecule has 0 heterocycles. The average Bonchev–Trinajstić information content (AvgIpc) is 2.26. The first-order valence-electron chi connectivity index (χ1n) is 5.19. The number of carbonyl (C=O) groups is 2. The summed E-state index contributed by atoms with van der Waals surface area (Å²) in [6.07, 6.45) is -0.379. The van der Waals surface area contributed by atoms with E-state index < -0.39 is 0 Å². The molecule has 17 heavy (non-hydrogen) atoms. The van der Waals surface area contributed by atoms with Gasteiger partial charge in [-0.3, -0.25) is 4.79 Å². The fourth-order valence-electron chi connectivity index (χ4n) is 1.16. The van der Waals surface area contributed by atoms with Gasteiger partial charge in [0.25, 0.3) is 0 Å². The molecule has 0 aliphatic heterocycles. The van der Waals surface area contributed by atoms with Gasteiger partial charge in [0.05, 0.1) is 0 Å². The molecular weight excluding hydrogens is 220 g/mol. The van der Waals surface area contributed by atoms with Crippen LogP contribution in [0.4, 0.5) is 10.5 Å². The van der Waals surface area contributed by atoms with E-state index in [9.17, 15) is 9.59 Å². The Bertz CT molecular complexity index is 399. The molecule has 0 unspecified atom stereocenters. The van der Waals surface area contributed by atoms with Crippen LogP contribution in [0, 0.1) is 0 Å². The standard InChI is InChI=1S/C12H16N2O3/c1-9(15)13-11-6-4-10(5-7-11)8-17-12(16)14(2)3/h4-7H,8H2,1-3H3,(H,13,15). The van der Waals surface area contributed by atoms with E-state index in [1.807, 2.05) is 0 Å². The smallest absolute Gasteiger partial charge is 0.409 e. The number of hydrogen-bond acceptors (Lipinski definition) is 3. The van der Waals surface area contributed by atoms with Gasteiger partial charge in [-0.25, -0.2) is 4.79 Å². The van der Waals surface area contributed by atoms with Crippen molar-refractivity contribution in [2.45, 2.75) is 13.5 Å². The van der Waals surface area contributed by atoms with Crippen molar-refractivity contribution in [3.8, 4) is 0 Å². The van der Waals surface area contributed by atoms with Crippen molar-refractivity contribution in [1.82, 2.24) is 4.90 Å². The Morgan fingerprint density at radius 3 is 2.29 bits per heavy atom. The molecule has 2 amide bonds. The van der Waals surface area contributed by atoms with E-state index in [0.717, 1.165) is 11.3 Å². The lowest BCUT2D eigenvalue weighted by molar-refractivity contribution is -0.114. The first-order valence-corrected chi connectivity index (χ1v) is 5.19. The van der Waals surface area contributed by atoms with Crippen LogP contribution in [-0.4, -0.2) is 31.0 Å². The maximum Gasteiger partial charge on any atom is 0.409 e. The number of hydrogen-bond donors (Lipinski definition) is 1. The number of ether oxygens (including phenoxy) is 1. The van der Waals surface area contributed by atoms with E-state index in [1.165, 1.54) is 11.8 Å². The molecule has 0 aliphatic rings. The fraction of sp³-hybridized carbons (Fsp3) is 0.333. The minimum Gasteiger partial charge on any atom is -0.445 e. The summed E-state index contributed by atoms with van der Waals surface area (Å²) in [6, 6.07) is 7.13. The summed E-state index contributed by atoms with van der Waals surface area (Å²) in [5, 5.41) is 2.66. The molecule has 0 aromatic heterocycles. The predicted molar refractivity (Wildman–Crippen MR) is 64.6 cm³/mol. The van der Waals surface area contributed by atoms with Gasteiger partial charge >= 0.3 is 6.09 Å². The van der Waals surface area contributed by atoms with Gasteiger partial charge in [-0.1, -0.05) is 12.1 Å². The second-order valence-corrected chi connectivity index (χ2v) is 3.83. The number of rotatable bonds is 3. The summed E-state index contributed by atoms with van der Waals surface area (Å²) >= 11 is 0. The third kappa shape index (κ3) is 4.55. The molecular formula is C12H16N2O3. The molecule has 5 heteroatoms. The van der Waals surface area contributed by atoms with E-state index in [-0.39, 0.29) is 18.6 Å². The second kappa shape index (κ2) is 5.89. The Hall–Kier alpha value is -2.04. The Morgan fingerprint density at radius 1 is 1.24 bits per heavy atom. The molecule has 1 aromatic carbocycles. The van der Waals surface area contributed by atoms with E-state index in [1.54, 1.807) is 38.4 Å². The maximum atomic E-state index is 11.2. The van der Waals surface area contributed by atoms with Crippen LogP contribution in [0.15, 0.2) is 24.3 Å². The fourth-order valence-corrected chi connectivity index (χ4v) is 1.16. The van der Waals surface area contributed by atoms with E-state index in [0.29, 0.717) is 0 Å². The number of benzene rings is 1. The maximum absolute atomic E-state index is 11.2. The lowest BCUT2D eigenvalue weighted by atomic mass is 10.2. The number of carbonyl (C=O) groups excluding carboxylic acids is 2. The number of nitrogens with one attached hydrogen (secondary N) is 1. The van der Waals surface area contributed by atoms with Crippen molar-refractivity contribution >= 4 is 17.7 Å². The van der Waals surface area contributed by atoms with Crippen LogP contribution in [0.1, 0.15) is 12.5 Å². The number of amides is 2. The molecule has 0 saturated carbocycles. The third-order valence-corrected chi connectivity index (χ3v) is 2.00. The van der Waals surface area contributed by atoms with Crippen molar-refractivity contribution in [3.05, 3.63) is 29.8 Å². The molecule has 0 aliphatic carbocycles. The van der Waals surface area contributed by atoms with Crippen molar-refractivity contribution < 1.29 is 14.3 Å². The molecule has 0 spiro atoms. The molecule has 0 saturated heterocycles. The monoisotopic (exact) mass is 236 g/mol. The summed E-state index contributed by atoms with van der Waals surface area (Å²) in [4.78, 5) is 23.3. The summed E-state index contributed by atoms with van der Waals surface area (Å²) in [7, 11) is 3.25. The molecule has 1 rings (SSSR count). The normalized spacial score (nSPS) is 9.59. The molecule has 92 valence electrons. The van der Waals surface area contributed by atoms with Crippen LogP contribution >= 0.6 is 0 Å². The Balaban J connectivity index is 2.51. The topological polar surface area (TPSA) is 58.6 Å². The molecule has 1 N–H and O–H groups in total. The first-order chi connectivity index (χ1) is 7.99. The van der Waals surface area contributed by atoms with Crippen LogP contribution in [-0.2, 0) is 16.1 Å². The van der Waals surface area contributed by atoms with E-state index in [2.05, 4.69) is 5.32 Å². The SMILES string of the molecule is CC(=O)Nc1ccc(COC(=O)N(C)C)cc1. The van der Waals surface area contributed by atoms with Gasteiger partial charge in [-0.2, -0.15) is 0 Å². The molecule has 0 fully saturated rings. The zero-order chi connectivity index (χ0) is 12.8. The number of nitrogens with zero attached hydrogens (tertiary/aromatic N) is 1. The molecule has 0 radical (unpaired) electrons. The van der Waals surface area contributed by atoms with Gasteiger partial charge in [-0.05, 0) is 17.7 Å². The summed E-state index contributed by atoms with van der Waals surface area (Å²) in [6.45, 7) is 1.67.